The number of aliphatic imine (C=N–C) groups is 1. The first-order valence-electron chi connectivity index (χ1n) is 10.0. The number of guanidine groups is 1. The van der Waals surface area contributed by atoms with E-state index in [0.717, 1.165) is 25.3 Å². The van der Waals surface area contributed by atoms with Crippen molar-refractivity contribution >= 4 is 40.8 Å². The van der Waals surface area contributed by atoms with Gasteiger partial charge in [-0.3, -0.25) is 4.99 Å². The van der Waals surface area contributed by atoms with Gasteiger partial charge in [-0.05, 0) is 50.3 Å². The molecule has 0 spiro atoms. The van der Waals surface area contributed by atoms with Crippen LogP contribution in [0.4, 0.5) is 0 Å². The Kier molecular flexibility index (Phi) is 9.41. The fourth-order valence-corrected chi connectivity index (χ4v) is 3.83. The van der Waals surface area contributed by atoms with Gasteiger partial charge in [0.15, 0.2) is 5.96 Å². The summed E-state index contributed by atoms with van der Waals surface area (Å²) in [5, 5.41) is 8.42. The molecule has 5 nitrogen and oxygen atoms in total. The Labute approximate surface area is 180 Å². The van der Waals surface area contributed by atoms with E-state index in [1.54, 1.807) is 0 Å². The van der Waals surface area contributed by atoms with Crippen LogP contribution in [0.1, 0.15) is 38.2 Å². The number of piperidine rings is 1. The summed E-state index contributed by atoms with van der Waals surface area (Å²) in [4.78, 5) is 10.3. The van der Waals surface area contributed by atoms with E-state index in [0.29, 0.717) is 6.04 Å². The first-order valence-corrected chi connectivity index (χ1v) is 10.0. The van der Waals surface area contributed by atoms with Gasteiger partial charge in [0, 0.05) is 49.8 Å². The molecule has 0 radical (unpaired) electrons. The first-order chi connectivity index (χ1) is 12.8. The zero-order valence-corrected chi connectivity index (χ0v) is 19.0. The number of hydrogen-bond acceptors (Lipinski definition) is 2. The number of rotatable bonds is 7. The van der Waals surface area contributed by atoms with E-state index < -0.39 is 0 Å². The van der Waals surface area contributed by atoms with Gasteiger partial charge < -0.3 is 20.5 Å². The maximum atomic E-state index is 4.40. The summed E-state index contributed by atoms with van der Waals surface area (Å²) in [6.45, 7) is 6.82. The summed E-state index contributed by atoms with van der Waals surface area (Å²) in [5.74, 6) is 0.942. The summed E-state index contributed by atoms with van der Waals surface area (Å²) in [5.41, 5.74) is 2.62. The number of para-hydroxylation sites is 1. The highest BCUT2D eigenvalue weighted by atomic mass is 127. The number of nitrogens with zero attached hydrogens (tertiary/aromatic N) is 2. The molecule has 0 atom stereocenters. The van der Waals surface area contributed by atoms with Crippen molar-refractivity contribution in [2.45, 2.75) is 45.1 Å². The fourth-order valence-electron chi connectivity index (χ4n) is 3.83. The second-order valence-corrected chi connectivity index (χ2v) is 7.22. The number of halogens is 1. The number of nitrogens with one attached hydrogen (secondary N) is 3. The minimum Gasteiger partial charge on any atom is -0.361 e. The second-order valence-electron chi connectivity index (χ2n) is 7.22. The Morgan fingerprint density at radius 2 is 2.04 bits per heavy atom. The van der Waals surface area contributed by atoms with Gasteiger partial charge in [-0.25, -0.2) is 0 Å². The molecule has 3 rings (SSSR count). The largest absolute Gasteiger partial charge is 0.361 e. The number of likely N-dealkylation sites (tertiary alicyclic amines) is 1. The zero-order chi connectivity index (χ0) is 18.2. The Hall–Kier alpha value is -1.28. The third kappa shape index (κ3) is 6.38. The van der Waals surface area contributed by atoms with Crippen molar-refractivity contribution in [3.8, 4) is 0 Å². The van der Waals surface area contributed by atoms with Crippen molar-refractivity contribution in [1.29, 1.82) is 0 Å². The molecule has 1 fully saturated rings. The number of aryl methyl sites for hydroxylation is 1. The van der Waals surface area contributed by atoms with E-state index in [1.807, 2.05) is 7.05 Å². The van der Waals surface area contributed by atoms with Gasteiger partial charge in [-0.1, -0.05) is 25.1 Å². The SMILES string of the molecule is CCCN1CCC(NC(=NC)NCCCc2c[nH]c3ccccc23)CC1.I. The van der Waals surface area contributed by atoms with Crippen molar-refractivity contribution < 1.29 is 0 Å². The second kappa shape index (κ2) is 11.5. The first kappa shape index (κ1) is 22.0. The van der Waals surface area contributed by atoms with Crippen LogP contribution in [0, 0.1) is 0 Å². The molecule has 1 aromatic heterocycles. The standard InChI is InChI=1S/C21H33N5.HI/c1-3-13-26-14-10-18(11-15-26)25-21(22-2)23-12-6-7-17-16-24-20-9-5-4-8-19(17)20;/h4-5,8-9,16,18,24H,3,6-7,10-15H2,1-2H3,(H2,22,23,25);1H. The summed E-state index contributed by atoms with van der Waals surface area (Å²) in [7, 11) is 1.86. The molecule has 27 heavy (non-hydrogen) atoms. The summed E-state index contributed by atoms with van der Waals surface area (Å²) in [6, 6.07) is 9.05. The Morgan fingerprint density at radius 1 is 1.26 bits per heavy atom. The van der Waals surface area contributed by atoms with Gasteiger partial charge in [0.2, 0.25) is 0 Å². The zero-order valence-electron chi connectivity index (χ0n) is 16.6. The van der Waals surface area contributed by atoms with Gasteiger partial charge in [-0.15, -0.1) is 24.0 Å². The van der Waals surface area contributed by atoms with Crippen LogP contribution < -0.4 is 10.6 Å². The number of fused-ring (bicyclic) bond motifs is 1. The van der Waals surface area contributed by atoms with Gasteiger partial charge in [0.05, 0.1) is 0 Å². The van der Waals surface area contributed by atoms with Gasteiger partial charge in [0.1, 0.15) is 0 Å². The number of H-pyrrole nitrogens is 1. The van der Waals surface area contributed by atoms with Crippen LogP contribution in [0.2, 0.25) is 0 Å². The molecule has 0 bridgehead atoms. The van der Waals surface area contributed by atoms with E-state index >= 15 is 0 Å². The lowest BCUT2D eigenvalue weighted by atomic mass is 10.1. The van der Waals surface area contributed by atoms with Crippen molar-refractivity contribution in [1.82, 2.24) is 20.5 Å². The van der Waals surface area contributed by atoms with Crippen LogP contribution in [-0.2, 0) is 6.42 Å². The van der Waals surface area contributed by atoms with E-state index in [1.165, 1.54) is 55.4 Å². The third-order valence-corrected chi connectivity index (χ3v) is 5.28. The van der Waals surface area contributed by atoms with Crippen LogP contribution >= 0.6 is 24.0 Å². The van der Waals surface area contributed by atoms with Crippen molar-refractivity contribution in [2.24, 2.45) is 4.99 Å². The molecule has 0 aliphatic carbocycles. The van der Waals surface area contributed by atoms with Gasteiger partial charge >= 0.3 is 0 Å². The van der Waals surface area contributed by atoms with Gasteiger partial charge in [-0.2, -0.15) is 0 Å². The monoisotopic (exact) mass is 483 g/mol. The highest BCUT2D eigenvalue weighted by Crippen LogP contribution is 2.18. The van der Waals surface area contributed by atoms with E-state index in [-0.39, 0.29) is 24.0 Å². The smallest absolute Gasteiger partial charge is 0.191 e. The fraction of sp³-hybridized carbons (Fsp3) is 0.571. The highest BCUT2D eigenvalue weighted by molar-refractivity contribution is 14.0. The van der Waals surface area contributed by atoms with E-state index in [2.05, 4.69) is 62.9 Å². The van der Waals surface area contributed by atoms with Crippen LogP contribution in [-0.4, -0.2) is 55.1 Å². The molecule has 2 aromatic rings. The molecular weight excluding hydrogens is 449 g/mol. The predicted molar refractivity (Wildman–Crippen MR) is 126 cm³/mol. The topological polar surface area (TPSA) is 55.4 Å². The minimum absolute atomic E-state index is 0. The lowest BCUT2D eigenvalue weighted by molar-refractivity contribution is 0.206. The van der Waals surface area contributed by atoms with Crippen LogP contribution in [0.5, 0.6) is 0 Å². The Morgan fingerprint density at radius 3 is 2.78 bits per heavy atom. The maximum Gasteiger partial charge on any atom is 0.191 e. The molecule has 0 unspecified atom stereocenters. The molecule has 3 N–H and O–H groups in total. The molecule has 1 aliphatic heterocycles. The molecule has 2 heterocycles. The summed E-state index contributed by atoms with van der Waals surface area (Å²) < 4.78 is 0. The maximum absolute atomic E-state index is 4.40. The highest BCUT2D eigenvalue weighted by Gasteiger charge is 2.19. The molecule has 0 saturated carbocycles. The molecule has 1 saturated heterocycles. The van der Waals surface area contributed by atoms with E-state index in [9.17, 15) is 0 Å². The molecule has 150 valence electrons. The molecule has 6 heteroatoms. The number of aromatic nitrogens is 1. The van der Waals surface area contributed by atoms with Gasteiger partial charge in [0.25, 0.3) is 0 Å². The van der Waals surface area contributed by atoms with Crippen LogP contribution in [0.25, 0.3) is 10.9 Å². The number of hydrogen-bond donors (Lipinski definition) is 3. The predicted octanol–water partition coefficient (Wildman–Crippen LogP) is 3.76. The third-order valence-electron chi connectivity index (χ3n) is 5.28. The normalized spacial score (nSPS) is 16.3. The molecule has 1 aliphatic rings. The quantitative estimate of drug-likeness (QED) is 0.243. The number of aromatic amines is 1. The molecule has 0 amide bonds. The lowest BCUT2D eigenvalue weighted by Crippen LogP contribution is -2.48. The van der Waals surface area contributed by atoms with Crippen molar-refractivity contribution in [3.63, 3.8) is 0 Å². The van der Waals surface area contributed by atoms with Crippen LogP contribution in [0.3, 0.4) is 0 Å². The number of benzene rings is 1. The molecule has 1 aromatic carbocycles. The minimum atomic E-state index is 0. The van der Waals surface area contributed by atoms with Crippen molar-refractivity contribution in [3.05, 3.63) is 36.0 Å². The average Bonchev–Trinajstić information content (AvgIpc) is 3.09. The Balaban J connectivity index is 0.00000261. The summed E-state index contributed by atoms with van der Waals surface area (Å²) in [6.07, 6.45) is 7.96. The average molecular weight is 483 g/mol. The van der Waals surface area contributed by atoms with Crippen molar-refractivity contribution in [2.75, 3.05) is 33.2 Å². The van der Waals surface area contributed by atoms with E-state index in [4.69, 9.17) is 0 Å². The molecular formula is C21H34IN5. The Bertz CT molecular complexity index is 703. The summed E-state index contributed by atoms with van der Waals surface area (Å²) >= 11 is 0. The lowest BCUT2D eigenvalue weighted by Gasteiger charge is -2.32. The van der Waals surface area contributed by atoms with Crippen LogP contribution in [0.15, 0.2) is 35.5 Å².